The summed E-state index contributed by atoms with van der Waals surface area (Å²) in [6.45, 7) is 4.08. The van der Waals surface area contributed by atoms with Gasteiger partial charge in [-0.25, -0.2) is 0 Å². The zero-order chi connectivity index (χ0) is 14.5. The van der Waals surface area contributed by atoms with E-state index in [-0.39, 0.29) is 5.92 Å². The van der Waals surface area contributed by atoms with E-state index in [1.54, 1.807) is 6.92 Å². The summed E-state index contributed by atoms with van der Waals surface area (Å²) in [6.07, 6.45) is 3.08. The van der Waals surface area contributed by atoms with Crippen molar-refractivity contribution in [2.24, 2.45) is 5.92 Å². The number of rotatable bonds is 7. The van der Waals surface area contributed by atoms with Gasteiger partial charge < -0.3 is 14.7 Å². The minimum absolute atomic E-state index is 0.308. The predicted octanol–water partition coefficient (Wildman–Crippen LogP) is 2.21. The Kier molecular flexibility index (Phi) is 5.01. The van der Waals surface area contributed by atoms with Crippen LogP contribution in [0, 0.1) is 5.92 Å². The smallest absolute Gasteiger partial charge is 0.307 e. The van der Waals surface area contributed by atoms with E-state index in [0.717, 1.165) is 38.2 Å². The molecule has 20 heavy (non-hydrogen) atoms. The number of nitrogens with zero attached hydrogens (tertiary/aromatic N) is 1. The van der Waals surface area contributed by atoms with Crippen molar-refractivity contribution in [3.63, 3.8) is 0 Å². The number of ether oxygens (including phenoxy) is 1. The van der Waals surface area contributed by atoms with Crippen molar-refractivity contribution in [3.8, 4) is 5.75 Å². The molecule has 2 rings (SSSR count). The molecule has 4 heteroatoms. The Morgan fingerprint density at radius 1 is 1.50 bits per heavy atom. The summed E-state index contributed by atoms with van der Waals surface area (Å²) in [5, 5.41) is 8.89. The summed E-state index contributed by atoms with van der Waals surface area (Å²) < 4.78 is 5.50. The lowest BCUT2D eigenvalue weighted by molar-refractivity contribution is -0.141. The van der Waals surface area contributed by atoms with Crippen LogP contribution in [0.1, 0.15) is 24.5 Å². The number of hydrogen-bond donors (Lipinski definition) is 1. The van der Waals surface area contributed by atoms with Gasteiger partial charge >= 0.3 is 5.97 Å². The number of aliphatic carboxylic acids is 1. The third-order valence-electron chi connectivity index (χ3n) is 3.77. The number of carboxylic acid groups (broad SMARTS) is 1. The van der Waals surface area contributed by atoms with Gasteiger partial charge in [0.25, 0.3) is 0 Å². The summed E-state index contributed by atoms with van der Waals surface area (Å²) >= 11 is 0. The summed E-state index contributed by atoms with van der Waals surface area (Å²) in [7, 11) is 1.98. The van der Waals surface area contributed by atoms with Crippen LogP contribution in [0.25, 0.3) is 0 Å². The molecule has 0 bridgehead atoms. The minimum Gasteiger partial charge on any atom is -0.493 e. The Morgan fingerprint density at radius 3 is 3.05 bits per heavy atom. The highest BCUT2D eigenvalue weighted by atomic mass is 16.5. The standard InChI is InChI=1S/C16H23NO3/c1-12(16(18)19)11-17(2)8-3-4-13-5-6-15-14(10-13)7-9-20-15/h5-6,10,12H,3-4,7-9,11H2,1-2H3,(H,18,19). The van der Waals surface area contributed by atoms with Crippen molar-refractivity contribution in [1.29, 1.82) is 0 Å². The summed E-state index contributed by atoms with van der Waals surface area (Å²) in [6, 6.07) is 6.43. The van der Waals surface area contributed by atoms with Crippen LogP contribution in [-0.2, 0) is 17.6 Å². The maximum absolute atomic E-state index is 10.8. The van der Waals surface area contributed by atoms with E-state index in [0.29, 0.717) is 6.54 Å². The molecule has 1 aromatic rings. The van der Waals surface area contributed by atoms with E-state index >= 15 is 0 Å². The summed E-state index contributed by atoms with van der Waals surface area (Å²) in [5.41, 5.74) is 2.66. The van der Waals surface area contributed by atoms with Gasteiger partial charge in [-0.05, 0) is 43.6 Å². The quantitative estimate of drug-likeness (QED) is 0.830. The topological polar surface area (TPSA) is 49.8 Å². The first kappa shape index (κ1) is 14.9. The van der Waals surface area contributed by atoms with Gasteiger partial charge in [0, 0.05) is 13.0 Å². The van der Waals surface area contributed by atoms with Gasteiger partial charge in [-0.2, -0.15) is 0 Å². The minimum atomic E-state index is -0.726. The molecule has 1 aliphatic heterocycles. The van der Waals surface area contributed by atoms with Gasteiger partial charge in [-0.15, -0.1) is 0 Å². The number of carbonyl (C=O) groups is 1. The third-order valence-corrected chi connectivity index (χ3v) is 3.77. The van der Waals surface area contributed by atoms with E-state index < -0.39 is 5.97 Å². The van der Waals surface area contributed by atoms with Crippen LogP contribution < -0.4 is 4.74 Å². The molecule has 1 unspecified atom stereocenters. The van der Waals surface area contributed by atoms with Gasteiger partial charge in [0.05, 0.1) is 12.5 Å². The lowest BCUT2D eigenvalue weighted by Crippen LogP contribution is -2.29. The second-order valence-electron chi connectivity index (χ2n) is 5.65. The number of benzene rings is 1. The molecule has 1 aliphatic rings. The molecule has 1 atom stereocenters. The molecule has 0 saturated heterocycles. The van der Waals surface area contributed by atoms with Crippen LogP contribution in [0.15, 0.2) is 18.2 Å². The van der Waals surface area contributed by atoms with Crippen LogP contribution in [0.5, 0.6) is 5.75 Å². The fourth-order valence-electron chi connectivity index (χ4n) is 2.59. The van der Waals surface area contributed by atoms with E-state index in [1.807, 2.05) is 7.05 Å². The molecule has 1 heterocycles. The van der Waals surface area contributed by atoms with E-state index in [4.69, 9.17) is 9.84 Å². The van der Waals surface area contributed by atoms with Crippen molar-refractivity contribution < 1.29 is 14.6 Å². The molecular formula is C16H23NO3. The molecule has 0 radical (unpaired) electrons. The Morgan fingerprint density at radius 2 is 2.30 bits per heavy atom. The molecule has 0 aliphatic carbocycles. The Hall–Kier alpha value is -1.55. The molecule has 1 N–H and O–H groups in total. The molecule has 110 valence electrons. The van der Waals surface area contributed by atoms with Crippen LogP contribution in [0.3, 0.4) is 0 Å². The number of fused-ring (bicyclic) bond motifs is 1. The van der Waals surface area contributed by atoms with Crippen molar-refractivity contribution in [2.45, 2.75) is 26.2 Å². The average molecular weight is 277 g/mol. The monoisotopic (exact) mass is 277 g/mol. The highest BCUT2D eigenvalue weighted by Crippen LogP contribution is 2.26. The van der Waals surface area contributed by atoms with E-state index in [9.17, 15) is 4.79 Å². The maximum Gasteiger partial charge on any atom is 0.307 e. The first-order valence-electron chi connectivity index (χ1n) is 7.22. The lowest BCUT2D eigenvalue weighted by atomic mass is 10.0. The number of hydrogen-bond acceptors (Lipinski definition) is 3. The van der Waals surface area contributed by atoms with Gasteiger partial charge in [-0.3, -0.25) is 4.79 Å². The number of carboxylic acids is 1. The zero-order valence-electron chi connectivity index (χ0n) is 12.3. The summed E-state index contributed by atoms with van der Waals surface area (Å²) in [4.78, 5) is 12.9. The second kappa shape index (κ2) is 6.75. The first-order valence-corrected chi connectivity index (χ1v) is 7.22. The lowest BCUT2D eigenvalue weighted by Gasteiger charge is -2.18. The average Bonchev–Trinajstić information content (AvgIpc) is 2.85. The molecule has 0 spiro atoms. The fraction of sp³-hybridized carbons (Fsp3) is 0.562. The van der Waals surface area contributed by atoms with Crippen molar-refractivity contribution in [2.75, 3.05) is 26.7 Å². The molecule has 0 fully saturated rings. The van der Waals surface area contributed by atoms with Crippen LogP contribution >= 0.6 is 0 Å². The fourth-order valence-corrected chi connectivity index (χ4v) is 2.59. The molecule has 0 saturated carbocycles. The van der Waals surface area contributed by atoms with Gasteiger partial charge in [-0.1, -0.05) is 19.1 Å². The van der Waals surface area contributed by atoms with E-state index in [1.165, 1.54) is 11.1 Å². The van der Waals surface area contributed by atoms with Crippen molar-refractivity contribution >= 4 is 5.97 Å². The second-order valence-corrected chi connectivity index (χ2v) is 5.65. The van der Waals surface area contributed by atoms with Crippen LogP contribution in [-0.4, -0.2) is 42.7 Å². The van der Waals surface area contributed by atoms with Crippen molar-refractivity contribution in [3.05, 3.63) is 29.3 Å². The molecule has 4 nitrogen and oxygen atoms in total. The van der Waals surface area contributed by atoms with E-state index in [2.05, 4.69) is 23.1 Å². The molecular weight excluding hydrogens is 254 g/mol. The zero-order valence-corrected chi connectivity index (χ0v) is 12.3. The Bertz CT molecular complexity index is 473. The molecule has 0 amide bonds. The SMILES string of the molecule is CC(CN(C)CCCc1ccc2c(c1)CCO2)C(=O)O. The van der Waals surface area contributed by atoms with Gasteiger partial charge in [0.15, 0.2) is 0 Å². The Labute approximate surface area is 120 Å². The number of aryl methyl sites for hydroxylation is 1. The highest BCUT2D eigenvalue weighted by Gasteiger charge is 2.14. The first-order chi connectivity index (χ1) is 9.56. The highest BCUT2D eigenvalue weighted by molar-refractivity contribution is 5.69. The van der Waals surface area contributed by atoms with Crippen LogP contribution in [0.4, 0.5) is 0 Å². The summed E-state index contributed by atoms with van der Waals surface area (Å²) in [5.74, 6) is -0.00577. The predicted molar refractivity (Wildman–Crippen MR) is 78.3 cm³/mol. The molecule has 0 aromatic heterocycles. The van der Waals surface area contributed by atoms with Gasteiger partial charge in [0.1, 0.15) is 5.75 Å². The normalized spacial score (nSPS) is 14.9. The molecule has 1 aromatic carbocycles. The third kappa shape index (κ3) is 3.97. The van der Waals surface area contributed by atoms with Gasteiger partial charge in [0.2, 0.25) is 0 Å². The largest absolute Gasteiger partial charge is 0.493 e. The van der Waals surface area contributed by atoms with Crippen LogP contribution in [0.2, 0.25) is 0 Å². The maximum atomic E-state index is 10.8. The van der Waals surface area contributed by atoms with Crippen molar-refractivity contribution in [1.82, 2.24) is 4.90 Å². The Balaban J connectivity index is 1.74.